The van der Waals surface area contributed by atoms with E-state index in [1.54, 1.807) is 43.5 Å². The molecule has 0 bridgehead atoms. The Bertz CT molecular complexity index is 850. The van der Waals surface area contributed by atoms with Crippen molar-refractivity contribution in [2.75, 3.05) is 45.8 Å². The number of amides is 3. The van der Waals surface area contributed by atoms with Gasteiger partial charge in [0.05, 0.1) is 26.8 Å². The van der Waals surface area contributed by atoms with Crippen LogP contribution in [0.2, 0.25) is 0 Å². The molecule has 0 atom stereocenters. The minimum absolute atomic E-state index is 0.188. The van der Waals surface area contributed by atoms with E-state index in [-0.39, 0.29) is 38.1 Å². The van der Waals surface area contributed by atoms with Crippen molar-refractivity contribution >= 4 is 23.4 Å². The van der Waals surface area contributed by atoms with Gasteiger partial charge < -0.3 is 25.0 Å². The largest absolute Gasteiger partial charge is 0.497 e. The number of carbonyl (C=O) groups excluding carboxylic acids is 3. The maximum atomic E-state index is 12.8. The molecule has 2 aromatic rings. The van der Waals surface area contributed by atoms with E-state index in [1.165, 1.54) is 12.0 Å². The molecular formula is C22H27N3O5. The fourth-order valence-corrected chi connectivity index (χ4v) is 2.62. The van der Waals surface area contributed by atoms with Crippen molar-refractivity contribution in [3.8, 4) is 5.75 Å². The van der Waals surface area contributed by atoms with Crippen LogP contribution in [0.5, 0.6) is 5.75 Å². The van der Waals surface area contributed by atoms with E-state index in [2.05, 4.69) is 10.6 Å². The second kappa shape index (κ2) is 11.6. The van der Waals surface area contributed by atoms with Gasteiger partial charge in [-0.2, -0.15) is 0 Å². The van der Waals surface area contributed by atoms with Crippen LogP contribution in [0, 0.1) is 6.92 Å². The predicted octanol–water partition coefficient (Wildman–Crippen LogP) is 1.85. The molecule has 0 saturated carbocycles. The Labute approximate surface area is 176 Å². The highest BCUT2D eigenvalue weighted by Gasteiger charge is 2.19. The summed E-state index contributed by atoms with van der Waals surface area (Å²) < 4.78 is 10.1. The number of ether oxygens (including phenoxy) is 2. The van der Waals surface area contributed by atoms with Crippen LogP contribution in [-0.2, 0) is 14.3 Å². The molecule has 160 valence electrons. The van der Waals surface area contributed by atoms with E-state index in [0.29, 0.717) is 17.0 Å². The molecular weight excluding hydrogens is 386 g/mol. The summed E-state index contributed by atoms with van der Waals surface area (Å²) in [4.78, 5) is 38.5. The van der Waals surface area contributed by atoms with Crippen LogP contribution in [0.1, 0.15) is 15.9 Å². The van der Waals surface area contributed by atoms with E-state index >= 15 is 0 Å². The van der Waals surface area contributed by atoms with Crippen molar-refractivity contribution in [3.63, 3.8) is 0 Å². The van der Waals surface area contributed by atoms with Crippen LogP contribution in [-0.4, -0.2) is 63.1 Å². The zero-order chi connectivity index (χ0) is 21.9. The third kappa shape index (κ3) is 7.21. The zero-order valence-corrected chi connectivity index (χ0v) is 17.4. The Morgan fingerprint density at radius 3 is 2.20 bits per heavy atom. The summed E-state index contributed by atoms with van der Waals surface area (Å²) in [6.07, 6.45) is 0. The summed E-state index contributed by atoms with van der Waals surface area (Å²) in [5.41, 5.74) is 2.16. The van der Waals surface area contributed by atoms with Gasteiger partial charge >= 0.3 is 0 Å². The molecule has 0 saturated heterocycles. The maximum absolute atomic E-state index is 12.8. The molecule has 8 heteroatoms. The van der Waals surface area contributed by atoms with E-state index in [4.69, 9.17) is 9.47 Å². The van der Waals surface area contributed by atoms with Gasteiger partial charge in [0, 0.05) is 24.9 Å². The summed E-state index contributed by atoms with van der Waals surface area (Å²) >= 11 is 0. The van der Waals surface area contributed by atoms with E-state index in [1.807, 2.05) is 19.1 Å². The summed E-state index contributed by atoms with van der Waals surface area (Å²) in [6.45, 7) is 2.09. The number of anilines is 1. The van der Waals surface area contributed by atoms with Crippen LogP contribution in [0.15, 0.2) is 48.5 Å². The maximum Gasteiger partial charge on any atom is 0.254 e. The topological polar surface area (TPSA) is 97.0 Å². The summed E-state index contributed by atoms with van der Waals surface area (Å²) in [6, 6.07) is 14.0. The average molecular weight is 413 g/mol. The highest BCUT2D eigenvalue weighted by molar-refractivity contribution is 5.98. The highest BCUT2D eigenvalue weighted by Crippen LogP contribution is 2.13. The van der Waals surface area contributed by atoms with Gasteiger partial charge in [-0.1, -0.05) is 17.7 Å². The lowest BCUT2D eigenvalue weighted by atomic mass is 10.2. The van der Waals surface area contributed by atoms with Crippen LogP contribution in [0.25, 0.3) is 0 Å². The molecule has 2 rings (SSSR count). The number of aryl methyl sites for hydroxylation is 1. The van der Waals surface area contributed by atoms with Gasteiger partial charge in [0.25, 0.3) is 5.91 Å². The standard InChI is InChI=1S/C22H27N3O5/c1-16-4-8-18(9-5-16)24-20(26)14-23-21(27)15-25(12-13-29-2)22(28)17-6-10-19(30-3)11-7-17/h4-11H,12-15H2,1-3H3,(H,23,27)(H,24,26). The van der Waals surface area contributed by atoms with Gasteiger partial charge in [-0.25, -0.2) is 0 Å². The third-order valence-corrected chi connectivity index (χ3v) is 4.31. The number of benzene rings is 2. The van der Waals surface area contributed by atoms with Gasteiger partial charge in [-0.05, 0) is 43.3 Å². The van der Waals surface area contributed by atoms with Crippen LogP contribution in [0.4, 0.5) is 5.69 Å². The first-order chi connectivity index (χ1) is 14.4. The Morgan fingerprint density at radius 1 is 0.933 bits per heavy atom. The Kier molecular flexibility index (Phi) is 8.83. The first-order valence-electron chi connectivity index (χ1n) is 9.48. The SMILES string of the molecule is COCCN(CC(=O)NCC(=O)Nc1ccc(C)cc1)C(=O)c1ccc(OC)cc1. The van der Waals surface area contributed by atoms with Crippen molar-refractivity contribution in [3.05, 3.63) is 59.7 Å². The van der Waals surface area contributed by atoms with Crippen molar-refractivity contribution in [1.29, 1.82) is 0 Å². The molecule has 0 fully saturated rings. The summed E-state index contributed by atoms with van der Waals surface area (Å²) in [5.74, 6) is -0.467. The quantitative estimate of drug-likeness (QED) is 0.620. The van der Waals surface area contributed by atoms with Crippen molar-refractivity contribution in [1.82, 2.24) is 10.2 Å². The van der Waals surface area contributed by atoms with Gasteiger partial charge in [0.2, 0.25) is 11.8 Å². The lowest BCUT2D eigenvalue weighted by Gasteiger charge is -2.22. The minimum Gasteiger partial charge on any atom is -0.497 e. The number of rotatable bonds is 10. The van der Waals surface area contributed by atoms with Crippen LogP contribution in [0.3, 0.4) is 0 Å². The number of carbonyl (C=O) groups is 3. The number of nitrogens with one attached hydrogen (secondary N) is 2. The molecule has 2 aromatic carbocycles. The third-order valence-electron chi connectivity index (χ3n) is 4.31. The van der Waals surface area contributed by atoms with Crippen LogP contribution < -0.4 is 15.4 Å². The molecule has 0 aliphatic rings. The molecule has 2 N–H and O–H groups in total. The highest BCUT2D eigenvalue weighted by atomic mass is 16.5. The first kappa shape index (κ1) is 22.9. The molecule has 0 radical (unpaired) electrons. The van der Waals surface area contributed by atoms with E-state index in [9.17, 15) is 14.4 Å². The number of nitrogens with zero attached hydrogens (tertiary/aromatic N) is 1. The lowest BCUT2D eigenvalue weighted by Crippen LogP contribution is -2.44. The smallest absolute Gasteiger partial charge is 0.254 e. The van der Waals surface area contributed by atoms with Crippen molar-refractivity contribution < 1.29 is 23.9 Å². The average Bonchev–Trinajstić information content (AvgIpc) is 2.76. The first-order valence-corrected chi connectivity index (χ1v) is 9.48. The Balaban J connectivity index is 1.90. The number of methoxy groups -OCH3 is 2. The predicted molar refractivity (Wildman–Crippen MR) is 114 cm³/mol. The van der Waals surface area contributed by atoms with E-state index in [0.717, 1.165) is 5.56 Å². The molecule has 0 aliphatic heterocycles. The summed E-state index contributed by atoms with van der Waals surface area (Å²) in [7, 11) is 3.06. The molecule has 0 aromatic heterocycles. The van der Waals surface area contributed by atoms with Gasteiger partial charge in [0.15, 0.2) is 0 Å². The minimum atomic E-state index is -0.438. The van der Waals surface area contributed by atoms with Crippen LogP contribution >= 0.6 is 0 Å². The van der Waals surface area contributed by atoms with Crippen molar-refractivity contribution in [2.24, 2.45) is 0 Å². The Hall–Kier alpha value is -3.39. The van der Waals surface area contributed by atoms with Gasteiger partial charge in [-0.3, -0.25) is 14.4 Å². The number of hydrogen-bond donors (Lipinski definition) is 2. The van der Waals surface area contributed by atoms with E-state index < -0.39 is 5.91 Å². The van der Waals surface area contributed by atoms with Crippen molar-refractivity contribution in [2.45, 2.75) is 6.92 Å². The molecule has 0 spiro atoms. The lowest BCUT2D eigenvalue weighted by molar-refractivity contribution is -0.124. The molecule has 0 heterocycles. The van der Waals surface area contributed by atoms with Gasteiger partial charge in [-0.15, -0.1) is 0 Å². The molecule has 0 unspecified atom stereocenters. The molecule has 0 aliphatic carbocycles. The summed E-state index contributed by atoms with van der Waals surface area (Å²) in [5, 5.41) is 5.25. The molecule has 3 amide bonds. The second-order valence-corrected chi connectivity index (χ2v) is 6.64. The zero-order valence-electron chi connectivity index (χ0n) is 17.4. The fraction of sp³-hybridized carbons (Fsp3) is 0.318. The second-order valence-electron chi connectivity index (χ2n) is 6.64. The monoisotopic (exact) mass is 413 g/mol. The normalized spacial score (nSPS) is 10.2. The molecule has 8 nitrogen and oxygen atoms in total. The molecule has 30 heavy (non-hydrogen) atoms. The Morgan fingerprint density at radius 2 is 1.60 bits per heavy atom. The number of hydrogen-bond acceptors (Lipinski definition) is 5. The van der Waals surface area contributed by atoms with Gasteiger partial charge in [0.1, 0.15) is 5.75 Å². The fourth-order valence-electron chi connectivity index (χ4n) is 2.62.